The second-order valence-electron chi connectivity index (χ2n) is 3.61. The number of ether oxygens (including phenoxy) is 1. The van der Waals surface area contributed by atoms with Gasteiger partial charge >= 0.3 is 5.97 Å². The van der Waals surface area contributed by atoms with Gasteiger partial charge < -0.3 is 9.84 Å². The molecule has 1 rings (SSSR count). The Labute approximate surface area is 116 Å². The molecule has 0 aliphatic heterocycles. The normalized spacial score (nSPS) is 9.37. The summed E-state index contributed by atoms with van der Waals surface area (Å²) in [6.45, 7) is 1.50. The minimum absolute atomic E-state index is 0.0504. The minimum atomic E-state index is -1.02. The van der Waals surface area contributed by atoms with E-state index < -0.39 is 5.97 Å². The number of rotatable bonds is 4. The molecule has 100 valence electrons. The number of benzene rings is 1. The molecule has 0 aliphatic rings. The molecule has 19 heavy (non-hydrogen) atoms. The molecule has 0 aromatic heterocycles. The Bertz CT molecular complexity index is 540. The first kappa shape index (κ1) is 15.1. The molecule has 1 aromatic carbocycles. The smallest absolute Gasteiger partial charge is 0.336 e. The fourth-order valence-electron chi connectivity index (χ4n) is 1.34. The van der Waals surface area contributed by atoms with Crippen LogP contribution >= 0.6 is 11.8 Å². The van der Waals surface area contributed by atoms with Crippen LogP contribution in [0, 0.1) is 11.8 Å². The first-order valence-corrected chi connectivity index (χ1v) is 6.56. The lowest BCUT2D eigenvalue weighted by molar-refractivity contribution is -0.109. The number of carboxylic acids is 1. The summed E-state index contributed by atoms with van der Waals surface area (Å²) in [4.78, 5) is 21.8. The maximum Gasteiger partial charge on any atom is 0.336 e. The van der Waals surface area contributed by atoms with Crippen molar-refractivity contribution in [3.05, 3.63) is 29.3 Å². The van der Waals surface area contributed by atoms with Crippen molar-refractivity contribution in [1.29, 1.82) is 0 Å². The van der Waals surface area contributed by atoms with E-state index in [0.717, 1.165) is 0 Å². The van der Waals surface area contributed by atoms with E-state index in [1.54, 1.807) is 12.1 Å². The second kappa shape index (κ2) is 7.49. The molecule has 0 bridgehead atoms. The molecule has 0 saturated carbocycles. The van der Waals surface area contributed by atoms with Crippen LogP contribution in [0.2, 0.25) is 0 Å². The summed E-state index contributed by atoms with van der Waals surface area (Å²) in [6, 6.07) is 4.64. The Balaban J connectivity index is 2.83. The van der Waals surface area contributed by atoms with E-state index in [9.17, 15) is 9.59 Å². The van der Waals surface area contributed by atoms with E-state index in [4.69, 9.17) is 9.84 Å². The Hall–Kier alpha value is -1.93. The van der Waals surface area contributed by atoms with E-state index in [1.807, 2.05) is 0 Å². The Morgan fingerprint density at radius 1 is 1.42 bits per heavy atom. The predicted molar refractivity (Wildman–Crippen MR) is 74.6 cm³/mol. The van der Waals surface area contributed by atoms with Crippen LogP contribution < -0.4 is 4.74 Å². The van der Waals surface area contributed by atoms with Gasteiger partial charge in [0.2, 0.25) is 0 Å². The molecule has 0 saturated heterocycles. The van der Waals surface area contributed by atoms with Crippen LogP contribution in [0.15, 0.2) is 18.2 Å². The van der Waals surface area contributed by atoms with Crippen molar-refractivity contribution in [1.82, 2.24) is 0 Å². The monoisotopic (exact) mass is 278 g/mol. The number of hydrogen-bond acceptors (Lipinski definition) is 4. The molecule has 1 aromatic rings. The van der Waals surface area contributed by atoms with Crippen LogP contribution in [0.5, 0.6) is 5.75 Å². The van der Waals surface area contributed by atoms with E-state index in [0.29, 0.717) is 23.5 Å². The number of thioether (sulfide) groups is 1. The van der Waals surface area contributed by atoms with Gasteiger partial charge in [-0.05, 0) is 18.2 Å². The van der Waals surface area contributed by atoms with Crippen molar-refractivity contribution in [3.8, 4) is 17.6 Å². The molecule has 1 N–H and O–H groups in total. The third-order valence-electron chi connectivity index (χ3n) is 2.21. The summed E-state index contributed by atoms with van der Waals surface area (Å²) in [7, 11) is 1.51. The maximum atomic E-state index is 11.0. The zero-order chi connectivity index (χ0) is 14.3. The number of carbonyl (C=O) groups excluding carboxylic acids is 1. The SMILES string of the molecule is COc1ccc(C(=O)O)c(C#CCCSC(C)=O)c1. The van der Waals surface area contributed by atoms with Gasteiger partial charge in [0.05, 0.1) is 12.7 Å². The summed E-state index contributed by atoms with van der Waals surface area (Å²) in [5, 5.41) is 9.10. The second-order valence-corrected chi connectivity index (χ2v) is 4.88. The van der Waals surface area contributed by atoms with Crippen LogP contribution in [0.4, 0.5) is 0 Å². The molecule has 0 aliphatic carbocycles. The molecule has 0 amide bonds. The lowest BCUT2D eigenvalue weighted by Crippen LogP contribution is -2.00. The van der Waals surface area contributed by atoms with Crippen molar-refractivity contribution < 1.29 is 19.4 Å². The summed E-state index contributed by atoms with van der Waals surface area (Å²) in [5.41, 5.74) is 0.562. The standard InChI is InChI=1S/C14H14O4S/c1-10(15)19-8-4-3-5-11-9-12(18-2)6-7-13(11)14(16)17/h6-7,9H,4,8H2,1-2H3,(H,16,17). The molecule has 4 nitrogen and oxygen atoms in total. The topological polar surface area (TPSA) is 63.6 Å². The fourth-order valence-corrected chi connectivity index (χ4v) is 1.84. The number of hydrogen-bond donors (Lipinski definition) is 1. The highest BCUT2D eigenvalue weighted by Gasteiger charge is 2.09. The van der Waals surface area contributed by atoms with Gasteiger partial charge in [-0.1, -0.05) is 23.6 Å². The van der Waals surface area contributed by atoms with Crippen LogP contribution in [-0.4, -0.2) is 29.1 Å². The van der Waals surface area contributed by atoms with Crippen molar-refractivity contribution in [3.63, 3.8) is 0 Å². The first-order valence-electron chi connectivity index (χ1n) is 5.58. The zero-order valence-corrected chi connectivity index (χ0v) is 11.5. The zero-order valence-electron chi connectivity index (χ0n) is 10.7. The third-order valence-corrected chi connectivity index (χ3v) is 3.03. The molecule has 0 heterocycles. The van der Waals surface area contributed by atoms with Gasteiger partial charge in [0.25, 0.3) is 0 Å². The van der Waals surface area contributed by atoms with Gasteiger partial charge in [-0.3, -0.25) is 4.79 Å². The number of carboxylic acid groups (broad SMARTS) is 1. The predicted octanol–water partition coefficient (Wildman–Crippen LogP) is 2.41. The molecule has 0 atom stereocenters. The van der Waals surface area contributed by atoms with Crippen molar-refractivity contribution >= 4 is 22.8 Å². The van der Waals surface area contributed by atoms with Crippen molar-refractivity contribution in [2.45, 2.75) is 13.3 Å². The van der Waals surface area contributed by atoms with Crippen LogP contribution in [-0.2, 0) is 4.79 Å². The summed E-state index contributed by atoms with van der Waals surface area (Å²) in [5.74, 6) is 5.81. The lowest BCUT2D eigenvalue weighted by Gasteiger charge is -2.03. The van der Waals surface area contributed by atoms with Crippen molar-refractivity contribution in [2.75, 3.05) is 12.9 Å². The Kier molecular flexibility index (Phi) is 5.97. The maximum absolute atomic E-state index is 11.0. The highest BCUT2D eigenvalue weighted by atomic mass is 32.2. The molecule has 0 radical (unpaired) electrons. The molecule has 0 unspecified atom stereocenters. The Morgan fingerprint density at radius 2 is 2.16 bits per heavy atom. The highest BCUT2D eigenvalue weighted by Crippen LogP contribution is 2.17. The van der Waals surface area contributed by atoms with E-state index in [2.05, 4.69) is 11.8 Å². The molecule has 0 spiro atoms. The summed E-state index contributed by atoms with van der Waals surface area (Å²) in [6.07, 6.45) is 0.528. The van der Waals surface area contributed by atoms with Crippen molar-refractivity contribution in [2.24, 2.45) is 0 Å². The number of carbonyl (C=O) groups is 2. The van der Waals surface area contributed by atoms with Gasteiger partial charge in [0, 0.05) is 24.7 Å². The summed E-state index contributed by atoms with van der Waals surface area (Å²) >= 11 is 1.20. The average molecular weight is 278 g/mol. The van der Waals surface area contributed by atoms with Gasteiger partial charge in [-0.2, -0.15) is 0 Å². The van der Waals surface area contributed by atoms with Crippen LogP contribution in [0.1, 0.15) is 29.3 Å². The molecule has 5 heteroatoms. The Morgan fingerprint density at radius 3 is 2.74 bits per heavy atom. The van der Waals surface area contributed by atoms with Crippen LogP contribution in [0.25, 0.3) is 0 Å². The largest absolute Gasteiger partial charge is 0.497 e. The number of aromatic carboxylic acids is 1. The van der Waals surface area contributed by atoms with Gasteiger partial charge in [-0.25, -0.2) is 4.79 Å². The minimum Gasteiger partial charge on any atom is -0.497 e. The van der Waals surface area contributed by atoms with E-state index >= 15 is 0 Å². The van der Waals surface area contributed by atoms with Gasteiger partial charge in [-0.15, -0.1) is 0 Å². The van der Waals surface area contributed by atoms with E-state index in [1.165, 1.54) is 31.9 Å². The van der Waals surface area contributed by atoms with E-state index in [-0.39, 0.29) is 10.7 Å². The van der Waals surface area contributed by atoms with Gasteiger partial charge in [0.15, 0.2) is 5.12 Å². The third kappa shape index (κ3) is 5.06. The lowest BCUT2D eigenvalue weighted by atomic mass is 10.1. The van der Waals surface area contributed by atoms with Gasteiger partial charge in [0.1, 0.15) is 5.75 Å². The molecular formula is C14H14O4S. The quantitative estimate of drug-likeness (QED) is 0.677. The van der Waals surface area contributed by atoms with Crippen LogP contribution in [0.3, 0.4) is 0 Å². The first-order chi connectivity index (χ1) is 9.04. The number of methoxy groups -OCH3 is 1. The molecule has 0 fully saturated rings. The molecular weight excluding hydrogens is 264 g/mol. The summed E-state index contributed by atoms with van der Waals surface area (Å²) < 4.78 is 5.04. The highest BCUT2D eigenvalue weighted by molar-refractivity contribution is 8.13. The fraction of sp³-hybridized carbons (Fsp3) is 0.286. The average Bonchev–Trinajstić information content (AvgIpc) is 2.37.